The number of carbonyl (C=O) groups is 6. The zero-order valence-corrected chi connectivity index (χ0v) is 56.1. The number of nitrogens with one attached hydrogen (secondary N) is 2. The van der Waals surface area contributed by atoms with E-state index in [1.165, 1.54) is 49.1 Å². The molecule has 0 bridgehead atoms. The van der Waals surface area contributed by atoms with Crippen LogP contribution in [0.3, 0.4) is 0 Å². The lowest BCUT2D eigenvalue weighted by atomic mass is 9.71. The molecule has 0 aliphatic rings. The Kier molecular flexibility index (Phi) is 30.6. The number of thioether (sulfide) groups is 3. The maximum absolute atomic E-state index is 13.1. The highest BCUT2D eigenvalue weighted by atomic mass is 35.5. The van der Waals surface area contributed by atoms with Crippen LogP contribution in [0.15, 0.2) is 197 Å². The molecule has 0 spiro atoms. The van der Waals surface area contributed by atoms with Gasteiger partial charge in [0, 0.05) is 75.6 Å². The van der Waals surface area contributed by atoms with Gasteiger partial charge in [-0.2, -0.15) is 0 Å². The minimum Gasteiger partial charge on any atom is -0.490 e. The van der Waals surface area contributed by atoms with Gasteiger partial charge in [0.2, 0.25) is 0 Å². The van der Waals surface area contributed by atoms with E-state index in [1.54, 1.807) is 43.3 Å². The van der Waals surface area contributed by atoms with Crippen LogP contribution in [0.5, 0.6) is 17.2 Å². The SMILES string of the molecule is C=C(C)C(=O)OCCCC(=O)OC(COc1ccc(C(C)(c2ccc(OCC(CSc3ccc(Cl)cc3)OC(=O)NCCOC(=O)C(=C)C)cc2)c2ccc(OCC(CSc3ccc(Cl)cc3)OC(=O)NCCOC(=O)C(=C)C)cc2)cc1)CSc1ccc(Cl)cc1. The fraction of sp³-hybridized carbons (Fsp3) is 0.304. The third-order valence-electron chi connectivity index (χ3n) is 13.2. The first kappa shape index (κ1) is 73.3. The lowest BCUT2D eigenvalue weighted by Crippen LogP contribution is -2.35. The number of hydrogen-bond donors (Lipinski definition) is 2. The van der Waals surface area contributed by atoms with Crippen LogP contribution >= 0.6 is 70.1 Å². The van der Waals surface area contributed by atoms with E-state index in [9.17, 15) is 28.8 Å². The van der Waals surface area contributed by atoms with Crippen molar-refractivity contribution in [2.24, 2.45) is 0 Å². The second-order valence-corrected chi connectivity index (χ2v) is 25.4. The quantitative estimate of drug-likeness (QED) is 0.00927. The largest absolute Gasteiger partial charge is 0.490 e. The molecule has 92 heavy (non-hydrogen) atoms. The van der Waals surface area contributed by atoms with Gasteiger partial charge >= 0.3 is 36.1 Å². The highest BCUT2D eigenvalue weighted by molar-refractivity contribution is 7.99. The van der Waals surface area contributed by atoms with Crippen molar-refractivity contribution in [1.29, 1.82) is 0 Å². The average molecular weight is 1370 g/mol. The van der Waals surface area contributed by atoms with E-state index in [0.717, 1.165) is 31.4 Å². The summed E-state index contributed by atoms with van der Waals surface area (Å²) in [5.41, 5.74) is 2.53. The summed E-state index contributed by atoms with van der Waals surface area (Å²) in [7, 11) is 0. The van der Waals surface area contributed by atoms with Gasteiger partial charge < -0.3 is 53.3 Å². The van der Waals surface area contributed by atoms with Crippen molar-refractivity contribution in [3.05, 3.63) is 214 Å². The Morgan fingerprint density at radius 3 is 1.03 bits per heavy atom. The molecule has 0 radical (unpaired) electrons. The van der Waals surface area contributed by atoms with E-state index in [2.05, 4.69) is 37.3 Å². The number of rotatable bonds is 37. The van der Waals surface area contributed by atoms with E-state index >= 15 is 0 Å². The van der Waals surface area contributed by atoms with E-state index < -0.39 is 59.8 Å². The molecule has 23 heteroatoms. The normalized spacial score (nSPS) is 12.5. The van der Waals surface area contributed by atoms with E-state index in [1.807, 2.05) is 109 Å². The monoisotopic (exact) mass is 1370 g/mol. The Bertz CT molecular complexity index is 3060. The predicted octanol–water partition coefficient (Wildman–Crippen LogP) is 14.8. The van der Waals surface area contributed by atoms with Crippen molar-refractivity contribution < 1.29 is 71.4 Å². The number of carbonyl (C=O) groups excluding carboxylic acids is 6. The number of ether oxygens (including phenoxy) is 9. The first-order chi connectivity index (χ1) is 44.1. The van der Waals surface area contributed by atoms with Crippen molar-refractivity contribution in [1.82, 2.24) is 10.6 Å². The maximum Gasteiger partial charge on any atom is 0.407 e. The standard InChI is InChI=1S/C69H73Cl3N2O15S3/c1-45(2)64(76)81-36-8-9-63(75)87-57(42-90-60-28-16-51(70)17-29-60)39-84-54-22-10-48(11-23-54)69(7,49-12-24-55(25-13-49)85-40-58(43-91-61-30-18-52(71)19-31-61)88-67(79)73-34-37-82-65(77)46(3)4)50-14-26-56(27-15-50)86-41-59(44-92-62-32-20-53(72)21-33-62)89-68(80)74-35-38-83-66(78)47(5)6/h10-33,57-59H,1,3,5,8-9,34-44H2,2,4,6-7H3,(H,73,79)(H,74,80). The fourth-order valence-electron chi connectivity index (χ4n) is 8.20. The Morgan fingerprint density at radius 2 is 0.728 bits per heavy atom. The zero-order valence-electron chi connectivity index (χ0n) is 51.4. The van der Waals surface area contributed by atoms with Crippen LogP contribution in [-0.4, -0.2) is 124 Å². The number of esters is 4. The van der Waals surface area contributed by atoms with Gasteiger partial charge in [-0.1, -0.05) is 90.9 Å². The molecule has 2 amide bonds. The highest BCUT2D eigenvalue weighted by Crippen LogP contribution is 2.41. The third kappa shape index (κ3) is 25.8. The molecule has 6 aromatic rings. The average Bonchev–Trinajstić information content (AvgIpc) is 0.776. The Labute approximate surface area is 564 Å². The molecule has 0 fully saturated rings. The zero-order chi connectivity index (χ0) is 66.4. The summed E-state index contributed by atoms with van der Waals surface area (Å²) in [6.45, 7) is 17.4. The summed E-state index contributed by atoms with van der Waals surface area (Å²) in [6.07, 6.45) is -3.25. The smallest absolute Gasteiger partial charge is 0.407 e. The molecule has 0 heterocycles. The topological polar surface area (TPSA) is 210 Å². The van der Waals surface area contributed by atoms with Crippen LogP contribution in [0.4, 0.5) is 9.59 Å². The van der Waals surface area contributed by atoms with Gasteiger partial charge in [-0.05, 0) is 160 Å². The van der Waals surface area contributed by atoms with Crippen molar-refractivity contribution in [2.75, 3.05) is 70.0 Å². The molecule has 0 saturated carbocycles. The van der Waals surface area contributed by atoms with Crippen LogP contribution in [0.25, 0.3) is 0 Å². The van der Waals surface area contributed by atoms with Gasteiger partial charge in [0.25, 0.3) is 0 Å². The number of halogens is 3. The summed E-state index contributed by atoms with van der Waals surface area (Å²) >= 11 is 22.8. The second-order valence-electron chi connectivity index (χ2n) is 20.8. The minimum absolute atomic E-state index is 0.00557. The fourth-order valence-corrected chi connectivity index (χ4v) is 11.2. The Balaban J connectivity index is 1.22. The molecule has 0 saturated heterocycles. The van der Waals surface area contributed by atoms with Crippen molar-refractivity contribution in [2.45, 2.75) is 78.9 Å². The molecular weight excluding hydrogens is 1300 g/mol. The van der Waals surface area contributed by atoms with Crippen LogP contribution in [0, 0.1) is 0 Å². The predicted molar refractivity (Wildman–Crippen MR) is 361 cm³/mol. The lowest BCUT2D eigenvalue weighted by Gasteiger charge is -2.32. The van der Waals surface area contributed by atoms with Gasteiger partial charge in [0.15, 0.2) is 0 Å². The lowest BCUT2D eigenvalue weighted by molar-refractivity contribution is -0.150. The van der Waals surface area contributed by atoms with Crippen molar-refractivity contribution >= 4 is 106 Å². The first-order valence-corrected chi connectivity index (χ1v) is 33.1. The third-order valence-corrected chi connectivity index (χ3v) is 17.4. The van der Waals surface area contributed by atoms with E-state index in [0.29, 0.717) is 49.6 Å². The van der Waals surface area contributed by atoms with E-state index in [-0.39, 0.29) is 82.3 Å². The minimum atomic E-state index is -0.836. The number of alkyl carbamates (subject to hydrolysis) is 2. The molecule has 0 aliphatic heterocycles. The Hall–Kier alpha value is -7.72. The molecule has 488 valence electrons. The van der Waals surface area contributed by atoms with Gasteiger partial charge in [-0.25, -0.2) is 24.0 Å². The number of hydrogen-bond acceptors (Lipinski definition) is 18. The van der Waals surface area contributed by atoms with Crippen LogP contribution in [-0.2, 0) is 53.0 Å². The molecular formula is C69H73Cl3N2O15S3. The summed E-state index contributed by atoms with van der Waals surface area (Å²) in [5, 5.41) is 7.01. The summed E-state index contributed by atoms with van der Waals surface area (Å²) in [5.74, 6) is 0.428. The first-order valence-electron chi connectivity index (χ1n) is 29.0. The second kappa shape index (κ2) is 38.3. The molecule has 6 rings (SSSR count). The van der Waals surface area contributed by atoms with Gasteiger partial charge in [0.05, 0.1) is 19.7 Å². The summed E-state index contributed by atoms with van der Waals surface area (Å²) in [6, 6.07) is 44.7. The van der Waals surface area contributed by atoms with Crippen molar-refractivity contribution in [3.63, 3.8) is 0 Å². The van der Waals surface area contributed by atoms with Crippen LogP contribution in [0.2, 0.25) is 15.1 Å². The van der Waals surface area contributed by atoms with Crippen LogP contribution < -0.4 is 24.8 Å². The molecule has 3 atom stereocenters. The molecule has 0 aromatic heterocycles. The number of benzene rings is 6. The van der Waals surface area contributed by atoms with E-state index in [4.69, 9.17) is 77.4 Å². The molecule has 6 aromatic carbocycles. The highest BCUT2D eigenvalue weighted by Gasteiger charge is 2.32. The van der Waals surface area contributed by atoms with Gasteiger partial charge in [-0.3, -0.25) is 4.79 Å². The van der Waals surface area contributed by atoms with Crippen molar-refractivity contribution in [3.8, 4) is 17.2 Å². The molecule has 2 N–H and O–H groups in total. The molecule has 17 nitrogen and oxygen atoms in total. The molecule has 3 unspecified atom stereocenters. The number of amides is 2. The molecule has 0 aliphatic carbocycles. The maximum atomic E-state index is 13.1. The Morgan fingerprint density at radius 1 is 0.435 bits per heavy atom. The van der Waals surface area contributed by atoms with Crippen LogP contribution in [0.1, 0.15) is 57.2 Å². The summed E-state index contributed by atoms with van der Waals surface area (Å²) < 4.78 is 51.9. The van der Waals surface area contributed by atoms with Gasteiger partial charge in [0.1, 0.15) is 68.6 Å². The van der Waals surface area contributed by atoms with Gasteiger partial charge in [-0.15, -0.1) is 35.3 Å². The summed E-state index contributed by atoms with van der Waals surface area (Å²) in [4.78, 5) is 77.5.